The zero-order valence-electron chi connectivity index (χ0n) is 16.5. The Morgan fingerprint density at radius 2 is 2.11 bits per heavy atom. The van der Waals surface area contributed by atoms with Crippen molar-refractivity contribution in [3.8, 4) is 0 Å². The SMILES string of the molecule is CC(=O)O[C@@H]1CC23CNC(C)=C2CCC3C2CCC3=CC(=O)C=CC3(C)C21. The highest BCUT2D eigenvalue weighted by atomic mass is 16.5. The first-order chi connectivity index (χ1) is 12.8. The molecule has 144 valence electrons. The Bertz CT molecular complexity index is 821. The van der Waals surface area contributed by atoms with Crippen molar-refractivity contribution in [2.24, 2.45) is 28.6 Å². The number of carbonyl (C=O) groups excluding carboxylic acids is 2. The Morgan fingerprint density at radius 1 is 1.30 bits per heavy atom. The summed E-state index contributed by atoms with van der Waals surface area (Å²) in [5, 5.41) is 3.62. The van der Waals surface area contributed by atoms with E-state index in [2.05, 4.69) is 25.2 Å². The molecule has 0 aromatic heterocycles. The van der Waals surface area contributed by atoms with Gasteiger partial charge in [0.25, 0.3) is 0 Å². The summed E-state index contributed by atoms with van der Waals surface area (Å²) >= 11 is 0. The van der Waals surface area contributed by atoms with Crippen LogP contribution in [0.2, 0.25) is 0 Å². The van der Waals surface area contributed by atoms with Crippen molar-refractivity contribution in [1.82, 2.24) is 5.32 Å². The third kappa shape index (κ3) is 2.22. The fraction of sp³-hybridized carbons (Fsp3) is 0.652. The average Bonchev–Trinajstić information content (AvgIpc) is 3.12. The molecule has 1 aliphatic heterocycles. The van der Waals surface area contributed by atoms with Crippen LogP contribution in [-0.2, 0) is 14.3 Å². The number of allylic oxidation sites excluding steroid dienone is 5. The number of fused-ring (bicyclic) bond motifs is 4. The highest BCUT2D eigenvalue weighted by Gasteiger charge is 2.64. The van der Waals surface area contributed by atoms with E-state index in [0.29, 0.717) is 11.8 Å². The molecule has 4 aliphatic carbocycles. The molecule has 4 nitrogen and oxygen atoms in total. The van der Waals surface area contributed by atoms with Gasteiger partial charge in [-0.1, -0.05) is 18.6 Å². The van der Waals surface area contributed by atoms with E-state index < -0.39 is 0 Å². The van der Waals surface area contributed by atoms with Gasteiger partial charge in [-0.25, -0.2) is 0 Å². The molecule has 0 amide bonds. The van der Waals surface area contributed by atoms with Crippen LogP contribution in [0.3, 0.4) is 0 Å². The van der Waals surface area contributed by atoms with Gasteiger partial charge in [-0.3, -0.25) is 9.59 Å². The number of hydrogen-bond acceptors (Lipinski definition) is 4. The minimum atomic E-state index is -0.185. The van der Waals surface area contributed by atoms with E-state index in [1.54, 1.807) is 11.6 Å². The molecule has 1 N–H and O–H groups in total. The Morgan fingerprint density at radius 3 is 2.89 bits per heavy atom. The monoisotopic (exact) mass is 367 g/mol. The van der Waals surface area contributed by atoms with Crippen LogP contribution >= 0.6 is 0 Å². The standard InChI is InChI=1S/C23H29NO3/c1-13-18-6-7-19-17-5-4-15-10-16(26)8-9-22(15,3)21(17)20(27-14(2)25)11-23(18,19)12-24-13/h8-10,17,19-21,24H,4-7,11-12H2,1-3H3/t17?,19?,20-,21?,22?,23?/m1/s1. The van der Waals surface area contributed by atoms with Gasteiger partial charge in [-0.05, 0) is 68.6 Å². The van der Waals surface area contributed by atoms with Crippen LogP contribution in [-0.4, -0.2) is 24.4 Å². The van der Waals surface area contributed by atoms with Gasteiger partial charge >= 0.3 is 5.97 Å². The lowest BCUT2D eigenvalue weighted by atomic mass is 9.47. The lowest BCUT2D eigenvalue weighted by molar-refractivity contribution is -0.166. The largest absolute Gasteiger partial charge is 0.462 e. The number of ketones is 1. The molecule has 5 rings (SSSR count). The van der Waals surface area contributed by atoms with Crippen LogP contribution in [0.15, 0.2) is 35.1 Å². The van der Waals surface area contributed by atoms with E-state index in [-0.39, 0.29) is 34.6 Å². The fourth-order valence-electron chi connectivity index (χ4n) is 7.49. The first kappa shape index (κ1) is 17.3. The van der Waals surface area contributed by atoms with E-state index in [9.17, 15) is 9.59 Å². The molecule has 4 heteroatoms. The maximum atomic E-state index is 12.0. The second kappa shape index (κ2) is 5.59. The summed E-state index contributed by atoms with van der Waals surface area (Å²) < 4.78 is 6.01. The zero-order valence-corrected chi connectivity index (χ0v) is 16.5. The maximum Gasteiger partial charge on any atom is 0.302 e. The van der Waals surface area contributed by atoms with Crippen LogP contribution in [0.25, 0.3) is 0 Å². The van der Waals surface area contributed by atoms with Crippen LogP contribution in [0.1, 0.15) is 52.9 Å². The van der Waals surface area contributed by atoms with Gasteiger partial charge in [0.05, 0.1) is 0 Å². The highest BCUT2D eigenvalue weighted by molar-refractivity contribution is 6.01. The minimum absolute atomic E-state index is 0.0869. The molecule has 1 heterocycles. The molecule has 6 atom stereocenters. The van der Waals surface area contributed by atoms with E-state index in [0.717, 1.165) is 25.8 Å². The molecule has 0 saturated heterocycles. The van der Waals surface area contributed by atoms with Gasteiger partial charge in [0.2, 0.25) is 0 Å². The number of nitrogens with one attached hydrogen (secondary N) is 1. The maximum absolute atomic E-state index is 12.0. The first-order valence-electron chi connectivity index (χ1n) is 10.4. The lowest BCUT2D eigenvalue weighted by Crippen LogP contribution is -2.57. The van der Waals surface area contributed by atoms with Crippen LogP contribution < -0.4 is 5.32 Å². The summed E-state index contributed by atoms with van der Waals surface area (Å²) in [5.41, 5.74) is 4.16. The highest BCUT2D eigenvalue weighted by Crippen LogP contribution is 2.67. The Labute approximate surface area is 161 Å². The van der Waals surface area contributed by atoms with Crippen molar-refractivity contribution in [1.29, 1.82) is 0 Å². The van der Waals surface area contributed by atoms with Gasteiger partial charge in [-0.15, -0.1) is 0 Å². The molecule has 0 radical (unpaired) electrons. The predicted molar refractivity (Wildman–Crippen MR) is 103 cm³/mol. The summed E-state index contributed by atoms with van der Waals surface area (Å²) in [4.78, 5) is 24.0. The predicted octanol–water partition coefficient (Wildman–Crippen LogP) is 3.69. The minimum Gasteiger partial charge on any atom is -0.462 e. The molecule has 3 saturated carbocycles. The lowest BCUT2D eigenvalue weighted by Gasteiger charge is -2.58. The summed E-state index contributed by atoms with van der Waals surface area (Å²) in [6.07, 6.45) is 11.0. The average molecular weight is 367 g/mol. The zero-order chi connectivity index (χ0) is 19.0. The van der Waals surface area contributed by atoms with Crippen LogP contribution in [0, 0.1) is 28.6 Å². The van der Waals surface area contributed by atoms with Gasteiger partial charge < -0.3 is 10.1 Å². The van der Waals surface area contributed by atoms with E-state index in [1.807, 2.05) is 6.08 Å². The Balaban J connectivity index is 1.61. The molecule has 27 heavy (non-hydrogen) atoms. The number of ether oxygens (including phenoxy) is 1. The summed E-state index contributed by atoms with van der Waals surface area (Å²) in [7, 11) is 0. The van der Waals surface area contributed by atoms with Crippen molar-refractivity contribution >= 4 is 11.8 Å². The van der Waals surface area contributed by atoms with Crippen molar-refractivity contribution in [2.45, 2.75) is 59.0 Å². The summed E-state index contributed by atoms with van der Waals surface area (Å²) in [5.74, 6) is 1.36. The third-order valence-corrected chi connectivity index (χ3v) is 8.44. The first-order valence-corrected chi connectivity index (χ1v) is 10.4. The van der Waals surface area contributed by atoms with Gasteiger partial charge in [0, 0.05) is 35.9 Å². The summed E-state index contributed by atoms with van der Waals surface area (Å²) in [6, 6.07) is 0. The van der Waals surface area contributed by atoms with E-state index in [1.165, 1.54) is 31.0 Å². The number of hydrogen-bond donors (Lipinski definition) is 1. The topological polar surface area (TPSA) is 55.4 Å². The molecule has 1 spiro atoms. The van der Waals surface area contributed by atoms with Crippen LogP contribution in [0.5, 0.6) is 0 Å². The van der Waals surface area contributed by atoms with Crippen molar-refractivity contribution in [2.75, 3.05) is 6.54 Å². The van der Waals surface area contributed by atoms with Gasteiger partial charge in [0.15, 0.2) is 5.78 Å². The van der Waals surface area contributed by atoms with Crippen LogP contribution in [0.4, 0.5) is 0 Å². The molecule has 5 unspecified atom stereocenters. The third-order valence-electron chi connectivity index (χ3n) is 8.44. The normalized spacial score (nSPS) is 44.7. The summed E-state index contributed by atoms with van der Waals surface area (Å²) in [6.45, 7) is 6.99. The molecule has 5 aliphatic rings. The molecule has 0 aromatic carbocycles. The van der Waals surface area contributed by atoms with E-state index >= 15 is 0 Å². The van der Waals surface area contributed by atoms with Crippen molar-refractivity contribution in [3.63, 3.8) is 0 Å². The number of esters is 1. The second-order valence-corrected chi connectivity index (χ2v) is 9.53. The number of carbonyl (C=O) groups is 2. The van der Waals surface area contributed by atoms with Crippen molar-refractivity contribution < 1.29 is 14.3 Å². The van der Waals surface area contributed by atoms with Gasteiger partial charge in [0.1, 0.15) is 6.10 Å². The molecular formula is C23H29NO3. The fourth-order valence-corrected chi connectivity index (χ4v) is 7.49. The Hall–Kier alpha value is -1.84. The number of rotatable bonds is 1. The molecule has 3 fully saturated rings. The molecule has 0 aromatic rings. The molecular weight excluding hydrogens is 338 g/mol. The smallest absolute Gasteiger partial charge is 0.302 e. The van der Waals surface area contributed by atoms with Gasteiger partial charge in [-0.2, -0.15) is 0 Å². The second-order valence-electron chi connectivity index (χ2n) is 9.53. The van der Waals surface area contributed by atoms with Crippen molar-refractivity contribution in [3.05, 3.63) is 35.1 Å². The Kier molecular flexibility index (Phi) is 3.57. The quantitative estimate of drug-likeness (QED) is 0.718. The van der Waals surface area contributed by atoms with E-state index in [4.69, 9.17) is 4.74 Å². The molecule has 0 bridgehead atoms.